The van der Waals surface area contributed by atoms with Crippen molar-refractivity contribution in [1.82, 2.24) is 15.5 Å². The zero-order chi connectivity index (χ0) is 19.9. The van der Waals surface area contributed by atoms with Gasteiger partial charge in [-0.1, -0.05) is 27.7 Å². The molecule has 0 aromatic carbocycles. The van der Waals surface area contributed by atoms with Crippen LogP contribution in [0.2, 0.25) is 0 Å². The van der Waals surface area contributed by atoms with Gasteiger partial charge in [0.05, 0.1) is 26.0 Å². The molecule has 1 saturated heterocycles. The van der Waals surface area contributed by atoms with Gasteiger partial charge in [-0.05, 0) is 18.1 Å². The number of nitrogens with zero attached hydrogens (tertiary/aromatic N) is 1. The van der Waals surface area contributed by atoms with Gasteiger partial charge in [0.25, 0.3) is 0 Å². The Balaban J connectivity index is 1.76. The summed E-state index contributed by atoms with van der Waals surface area (Å²) in [4.78, 5) is 26.5. The molecule has 1 fully saturated rings. The number of hydrogen-bond donors (Lipinski definition) is 2. The van der Waals surface area contributed by atoms with Crippen LogP contribution in [0.1, 0.15) is 39.0 Å². The normalized spacial score (nSPS) is 15.7. The van der Waals surface area contributed by atoms with Gasteiger partial charge in [0.2, 0.25) is 11.8 Å². The number of furan rings is 1. The van der Waals surface area contributed by atoms with E-state index in [1.807, 2.05) is 33.8 Å². The summed E-state index contributed by atoms with van der Waals surface area (Å²) in [6.45, 7) is 12.8. The molecule has 0 bridgehead atoms. The van der Waals surface area contributed by atoms with Gasteiger partial charge in [-0.3, -0.25) is 14.5 Å². The van der Waals surface area contributed by atoms with E-state index in [9.17, 15) is 9.59 Å². The van der Waals surface area contributed by atoms with E-state index in [1.54, 1.807) is 6.26 Å². The molecule has 1 aromatic heterocycles. The third kappa shape index (κ3) is 6.99. The van der Waals surface area contributed by atoms with Gasteiger partial charge >= 0.3 is 0 Å². The maximum atomic E-state index is 12.6. The zero-order valence-corrected chi connectivity index (χ0v) is 17.0. The smallest absolute Gasteiger partial charge is 0.226 e. The lowest BCUT2D eigenvalue weighted by Crippen LogP contribution is -2.44. The van der Waals surface area contributed by atoms with E-state index in [0.717, 1.165) is 38.4 Å². The summed E-state index contributed by atoms with van der Waals surface area (Å²) in [5.41, 5.74) is 0.421. The maximum Gasteiger partial charge on any atom is 0.226 e. The van der Waals surface area contributed by atoms with Gasteiger partial charge in [0.15, 0.2) is 0 Å². The van der Waals surface area contributed by atoms with Crippen molar-refractivity contribution in [3.8, 4) is 0 Å². The Morgan fingerprint density at radius 3 is 2.59 bits per heavy atom. The fourth-order valence-electron chi connectivity index (χ4n) is 2.97. The molecule has 2 rings (SSSR count). The molecule has 0 saturated carbocycles. The largest absolute Gasteiger partial charge is 0.467 e. The Morgan fingerprint density at radius 1 is 1.22 bits per heavy atom. The van der Waals surface area contributed by atoms with Crippen LogP contribution in [0, 0.1) is 11.3 Å². The molecule has 27 heavy (non-hydrogen) atoms. The topological polar surface area (TPSA) is 83.8 Å². The molecule has 0 spiro atoms. The number of carbonyl (C=O) groups excluding carboxylic acids is 2. The van der Waals surface area contributed by atoms with Crippen molar-refractivity contribution in [2.45, 2.75) is 40.7 Å². The lowest BCUT2D eigenvalue weighted by atomic mass is 9.85. The fraction of sp³-hybridized carbons (Fsp3) is 0.700. The molecule has 0 aliphatic carbocycles. The van der Waals surface area contributed by atoms with Gasteiger partial charge in [-0.2, -0.15) is 0 Å². The predicted octanol–water partition coefficient (Wildman–Crippen LogP) is 1.57. The summed E-state index contributed by atoms with van der Waals surface area (Å²) in [6, 6.07) is 1.91. The number of carbonyl (C=O) groups is 2. The first-order valence-corrected chi connectivity index (χ1v) is 9.70. The molecule has 1 aromatic rings. The van der Waals surface area contributed by atoms with E-state index in [2.05, 4.69) is 15.5 Å². The number of nitrogens with one attached hydrogen (secondary N) is 2. The Bertz CT molecular complexity index is 618. The first kappa shape index (κ1) is 21.4. The quantitative estimate of drug-likeness (QED) is 0.680. The van der Waals surface area contributed by atoms with E-state index >= 15 is 0 Å². The van der Waals surface area contributed by atoms with E-state index in [4.69, 9.17) is 9.15 Å². The Morgan fingerprint density at radius 2 is 1.93 bits per heavy atom. The van der Waals surface area contributed by atoms with Crippen LogP contribution < -0.4 is 10.6 Å². The Hall–Kier alpha value is -1.86. The first-order chi connectivity index (χ1) is 12.8. The van der Waals surface area contributed by atoms with Crippen LogP contribution in [0.3, 0.4) is 0 Å². The average molecular weight is 380 g/mol. The van der Waals surface area contributed by atoms with Crippen LogP contribution in [0.25, 0.3) is 0 Å². The average Bonchev–Trinajstić information content (AvgIpc) is 3.07. The monoisotopic (exact) mass is 379 g/mol. The van der Waals surface area contributed by atoms with Crippen LogP contribution in [-0.4, -0.2) is 56.1 Å². The standard InChI is InChI=1S/C20H33N3O4/c1-15(2)18(24)22-13-17-11-16(14-27-17)12-20(3,4)19(25)21-5-6-23-7-9-26-10-8-23/h11,14-15H,5-10,12-13H2,1-4H3,(H,21,25)(H,22,24). The van der Waals surface area contributed by atoms with Crippen molar-refractivity contribution >= 4 is 11.8 Å². The molecule has 1 aliphatic heterocycles. The van der Waals surface area contributed by atoms with Gasteiger partial charge in [0.1, 0.15) is 5.76 Å². The molecule has 2 amide bonds. The molecular weight excluding hydrogens is 346 g/mol. The lowest BCUT2D eigenvalue weighted by Gasteiger charge is -2.28. The van der Waals surface area contributed by atoms with Gasteiger partial charge in [-0.25, -0.2) is 0 Å². The predicted molar refractivity (Wildman–Crippen MR) is 103 cm³/mol. The summed E-state index contributed by atoms with van der Waals surface area (Å²) < 4.78 is 10.8. The van der Waals surface area contributed by atoms with Crippen LogP contribution in [0.15, 0.2) is 16.7 Å². The fourth-order valence-corrected chi connectivity index (χ4v) is 2.97. The van der Waals surface area contributed by atoms with Gasteiger partial charge < -0.3 is 19.8 Å². The van der Waals surface area contributed by atoms with E-state index in [1.165, 1.54) is 0 Å². The highest BCUT2D eigenvalue weighted by molar-refractivity contribution is 5.82. The molecule has 7 heteroatoms. The first-order valence-electron chi connectivity index (χ1n) is 9.70. The van der Waals surface area contributed by atoms with Crippen molar-refractivity contribution in [1.29, 1.82) is 0 Å². The van der Waals surface area contributed by atoms with Crippen LogP contribution in [-0.2, 0) is 27.3 Å². The van der Waals surface area contributed by atoms with Crippen LogP contribution in [0.4, 0.5) is 0 Å². The minimum absolute atomic E-state index is 0.00655. The second-order valence-corrected chi connectivity index (χ2v) is 8.06. The minimum atomic E-state index is -0.534. The SMILES string of the molecule is CC(C)C(=O)NCc1cc(CC(C)(C)C(=O)NCCN2CCOCC2)co1. The number of rotatable bonds is 9. The van der Waals surface area contributed by atoms with E-state index in [-0.39, 0.29) is 17.7 Å². The van der Waals surface area contributed by atoms with Crippen LogP contribution >= 0.6 is 0 Å². The number of morpholine rings is 1. The summed E-state index contributed by atoms with van der Waals surface area (Å²) >= 11 is 0. The minimum Gasteiger partial charge on any atom is -0.467 e. The highest BCUT2D eigenvalue weighted by Gasteiger charge is 2.28. The highest BCUT2D eigenvalue weighted by Crippen LogP contribution is 2.23. The van der Waals surface area contributed by atoms with Crippen molar-refractivity contribution in [2.24, 2.45) is 11.3 Å². The molecule has 0 unspecified atom stereocenters. The van der Waals surface area contributed by atoms with Crippen molar-refractivity contribution in [3.05, 3.63) is 23.7 Å². The second kappa shape index (κ2) is 9.90. The lowest BCUT2D eigenvalue weighted by molar-refractivity contribution is -0.129. The third-order valence-corrected chi connectivity index (χ3v) is 4.75. The molecule has 1 aliphatic rings. The van der Waals surface area contributed by atoms with Gasteiger partial charge in [0, 0.05) is 37.5 Å². The van der Waals surface area contributed by atoms with E-state index in [0.29, 0.717) is 25.3 Å². The molecular formula is C20H33N3O4. The maximum absolute atomic E-state index is 12.6. The van der Waals surface area contributed by atoms with Gasteiger partial charge in [-0.15, -0.1) is 0 Å². The molecule has 2 heterocycles. The molecule has 2 N–H and O–H groups in total. The van der Waals surface area contributed by atoms with Crippen LogP contribution in [0.5, 0.6) is 0 Å². The third-order valence-electron chi connectivity index (χ3n) is 4.75. The summed E-state index contributed by atoms with van der Waals surface area (Å²) in [7, 11) is 0. The summed E-state index contributed by atoms with van der Waals surface area (Å²) in [6.07, 6.45) is 2.25. The highest BCUT2D eigenvalue weighted by atomic mass is 16.5. The second-order valence-electron chi connectivity index (χ2n) is 8.06. The Labute approximate surface area is 161 Å². The number of hydrogen-bond acceptors (Lipinski definition) is 5. The summed E-state index contributed by atoms with van der Waals surface area (Å²) in [5.74, 6) is 0.668. The Kier molecular flexibility index (Phi) is 7.86. The zero-order valence-electron chi connectivity index (χ0n) is 17.0. The molecule has 0 atom stereocenters. The number of ether oxygens (including phenoxy) is 1. The van der Waals surface area contributed by atoms with Crippen molar-refractivity contribution < 1.29 is 18.7 Å². The summed E-state index contributed by atoms with van der Waals surface area (Å²) in [5, 5.41) is 5.87. The molecule has 152 valence electrons. The number of amides is 2. The van der Waals surface area contributed by atoms with E-state index < -0.39 is 5.41 Å². The molecule has 0 radical (unpaired) electrons. The molecule has 7 nitrogen and oxygen atoms in total. The van der Waals surface area contributed by atoms with Crippen molar-refractivity contribution in [2.75, 3.05) is 39.4 Å². The van der Waals surface area contributed by atoms with Crippen molar-refractivity contribution in [3.63, 3.8) is 0 Å².